The summed E-state index contributed by atoms with van der Waals surface area (Å²) in [7, 11) is 0. The second-order valence-corrected chi connectivity index (χ2v) is 4.96. The zero-order valence-electron chi connectivity index (χ0n) is 11.4. The van der Waals surface area contributed by atoms with Crippen LogP contribution in [0.2, 0.25) is 0 Å². The molecule has 1 aromatic rings. The molecule has 20 heavy (non-hydrogen) atoms. The molecule has 0 unspecified atom stereocenters. The number of ether oxygens (including phenoxy) is 1. The van der Waals surface area contributed by atoms with Crippen molar-refractivity contribution >= 4 is 11.9 Å². The molecule has 6 nitrogen and oxygen atoms in total. The lowest BCUT2D eigenvalue weighted by Crippen LogP contribution is -2.34. The maximum Gasteiger partial charge on any atom is 0.338 e. The van der Waals surface area contributed by atoms with Crippen molar-refractivity contribution in [3.05, 3.63) is 23.7 Å². The lowest BCUT2D eigenvalue weighted by atomic mass is 9.80. The third-order valence-electron chi connectivity index (χ3n) is 3.50. The molecule has 0 radical (unpaired) electrons. The van der Waals surface area contributed by atoms with E-state index < -0.39 is 5.97 Å². The Morgan fingerprint density at radius 1 is 1.50 bits per heavy atom. The van der Waals surface area contributed by atoms with Crippen molar-refractivity contribution in [2.75, 3.05) is 13.2 Å². The number of carboxylic acid groups (broad SMARTS) is 1. The van der Waals surface area contributed by atoms with Gasteiger partial charge in [0, 0.05) is 19.2 Å². The van der Waals surface area contributed by atoms with Crippen LogP contribution in [0.4, 0.5) is 0 Å². The van der Waals surface area contributed by atoms with E-state index in [1.54, 1.807) is 0 Å². The molecule has 1 aromatic heterocycles. The molecule has 0 spiro atoms. The van der Waals surface area contributed by atoms with Crippen LogP contribution in [-0.4, -0.2) is 36.2 Å². The van der Waals surface area contributed by atoms with E-state index >= 15 is 0 Å². The van der Waals surface area contributed by atoms with Gasteiger partial charge in [-0.3, -0.25) is 4.79 Å². The third kappa shape index (κ3) is 3.60. The van der Waals surface area contributed by atoms with Crippen LogP contribution in [0.5, 0.6) is 0 Å². The molecule has 6 heteroatoms. The summed E-state index contributed by atoms with van der Waals surface area (Å²) >= 11 is 0. The lowest BCUT2D eigenvalue weighted by Gasteiger charge is -2.34. The summed E-state index contributed by atoms with van der Waals surface area (Å²) in [5.41, 5.74) is -0.0197. The Hall–Kier alpha value is -1.82. The molecule has 0 bridgehead atoms. The molecule has 1 amide bonds. The Kier molecular flexibility index (Phi) is 4.79. The monoisotopic (exact) mass is 281 g/mol. The van der Waals surface area contributed by atoms with Crippen LogP contribution >= 0.6 is 0 Å². The number of rotatable bonds is 7. The van der Waals surface area contributed by atoms with E-state index in [4.69, 9.17) is 14.3 Å². The van der Waals surface area contributed by atoms with Gasteiger partial charge >= 0.3 is 5.97 Å². The van der Waals surface area contributed by atoms with Crippen molar-refractivity contribution in [3.63, 3.8) is 0 Å². The highest BCUT2D eigenvalue weighted by molar-refractivity contribution is 5.95. The van der Waals surface area contributed by atoms with Crippen LogP contribution in [0, 0.1) is 5.92 Å². The molecule has 110 valence electrons. The molecule has 0 aliphatic heterocycles. The SMILES string of the molecule is CCOC1CC(CCNC(=O)c2cc(C(=O)O)co2)C1. The number of carbonyl (C=O) groups excluding carboxylic acids is 1. The second-order valence-electron chi connectivity index (χ2n) is 4.96. The number of furan rings is 1. The Labute approximate surface area is 117 Å². The Bertz CT molecular complexity index is 476. The molecule has 0 atom stereocenters. The number of aromatic carboxylic acids is 1. The number of amides is 1. The van der Waals surface area contributed by atoms with Gasteiger partial charge in [0.1, 0.15) is 6.26 Å². The summed E-state index contributed by atoms with van der Waals surface area (Å²) in [4.78, 5) is 22.4. The minimum Gasteiger partial charge on any atom is -0.478 e. The number of carbonyl (C=O) groups is 2. The van der Waals surface area contributed by atoms with Gasteiger partial charge in [-0.2, -0.15) is 0 Å². The van der Waals surface area contributed by atoms with E-state index in [0.29, 0.717) is 18.6 Å². The molecule has 1 saturated carbocycles. The van der Waals surface area contributed by atoms with Crippen LogP contribution in [0.3, 0.4) is 0 Å². The van der Waals surface area contributed by atoms with Crippen LogP contribution in [-0.2, 0) is 4.74 Å². The standard InChI is InChI=1S/C14H19NO5/c1-2-19-11-5-9(6-11)3-4-15-13(16)12-7-10(8-20-12)14(17)18/h7-9,11H,2-6H2,1H3,(H,15,16)(H,17,18). The molecular weight excluding hydrogens is 262 g/mol. The average Bonchev–Trinajstić information content (AvgIpc) is 2.85. The molecule has 1 aliphatic rings. The molecule has 0 saturated heterocycles. The third-order valence-corrected chi connectivity index (χ3v) is 3.50. The smallest absolute Gasteiger partial charge is 0.338 e. The molecule has 1 fully saturated rings. The van der Waals surface area contributed by atoms with Gasteiger partial charge in [-0.05, 0) is 32.1 Å². The highest BCUT2D eigenvalue weighted by atomic mass is 16.5. The van der Waals surface area contributed by atoms with Crippen molar-refractivity contribution in [2.24, 2.45) is 5.92 Å². The van der Waals surface area contributed by atoms with Gasteiger partial charge in [0.05, 0.1) is 11.7 Å². The summed E-state index contributed by atoms with van der Waals surface area (Å²) in [5, 5.41) is 11.5. The Morgan fingerprint density at radius 2 is 2.25 bits per heavy atom. The quantitative estimate of drug-likeness (QED) is 0.797. The highest BCUT2D eigenvalue weighted by Crippen LogP contribution is 2.32. The predicted molar refractivity (Wildman–Crippen MR) is 70.8 cm³/mol. The first-order valence-electron chi connectivity index (χ1n) is 6.81. The van der Waals surface area contributed by atoms with Gasteiger partial charge in [-0.1, -0.05) is 0 Å². The summed E-state index contributed by atoms with van der Waals surface area (Å²) in [5.74, 6) is -0.858. The molecular formula is C14H19NO5. The van der Waals surface area contributed by atoms with E-state index in [9.17, 15) is 9.59 Å². The second kappa shape index (κ2) is 6.56. The van der Waals surface area contributed by atoms with Crippen LogP contribution < -0.4 is 5.32 Å². The van der Waals surface area contributed by atoms with Crippen molar-refractivity contribution in [2.45, 2.75) is 32.3 Å². The van der Waals surface area contributed by atoms with E-state index in [1.165, 1.54) is 6.07 Å². The minimum atomic E-state index is -1.11. The first-order valence-corrected chi connectivity index (χ1v) is 6.81. The van der Waals surface area contributed by atoms with Crippen molar-refractivity contribution in [1.29, 1.82) is 0 Å². The maximum atomic E-state index is 11.7. The fourth-order valence-corrected chi connectivity index (χ4v) is 2.33. The average molecular weight is 281 g/mol. The van der Waals surface area contributed by atoms with Crippen LogP contribution in [0.15, 0.2) is 16.7 Å². The van der Waals surface area contributed by atoms with Gasteiger partial charge in [-0.25, -0.2) is 4.79 Å². The summed E-state index contributed by atoms with van der Waals surface area (Å²) in [6.45, 7) is 3.30. The van der Waals surface area contributed by atoms with E-state index in [0.717, 1.165) is 32.1 Å². The Morgan fingerprint density at radius 3 is 2.85 bits per heavy atom. The van der Waals surface area contributed by atoms with E-state index in [1.807, 2.05) is 6.92 Å². The fourth-order valence-electron chi connectivity index (χ4n) is 2.33. The fraction of sp³-hybridized carbons (Fsp3) is 0.571. The van der Waals surface area contributed by atoms with Gasteiger partial charge in [0.15, 0.2) is 5.76 Å². The van der Waals surface area contributed by atoms with E-state index in [-0.39, 0.29) is 17.2 Å². The van der Waals surface area contributed by atoms with Crippen molar-refractivity contribution in [3.8, 4) is 0 Å². The number of carboxylic acids is 1. The number of nitrogens with one attached hydrogen (secondary N) is 1. The lowest BCUT2D eigenvalue weighted by molar-refractivity contribution is -0.0261. The molecule has 2 rings (SSSR count). The minimum absolute atomic E-state index is 0.0197. The zero-order valence-corrected chi connectivity index (χ0v) is 11.4. The normalized spacial score (nSPS) is 21.2. The number of hydrogen-bond donors (Lipinski definition) is 2. The highest BCUT2D eigenvalue weighted by Gasteiger charge is 2.29. The number of hydrogen-bond acceptors (Lipinski definition) is 4. The summed E-state index contributed by atoms with van der Waals surface area (Å²) in [6, 6.07) is 1.23. The largest absolute Gasteiger partial charge is 0.478 e. The van der Waals surface area contributed by atoms with Crippen LogP contribution in [0.25, 0.3) is 0 Å². The topological polar surface area (TPSA) is 88.8 Å². The first kappa shape index (κ1) is 14.6. The first-order chi connectivity index (χ1) is 9.60. The molecule has 2 N–H and O–H groups in total. The van der Waals surface area contributed by atoms with Crippen molar-refractivity contribution < 1.29 is 23.8 Å². The maximum absolute atomic E-state index is 11.7. The predicted octanol–water partition coefficient (Wildman–Crippen LogP) is 1.91. The molecule has 0 aromatic carbocycles. The van der Waals surface area contributed by atoms with E-state index in [2.05, 4.69) is 5.32 Å². The van der Waals surface area contributed by atoms with Gasteiger partial charge in [0.2, 0.25) is 0 Å². The van der Waals surface area contributed by atoms with Gasteiger partial charge < -0.3 is 19.6 Å². The van der Waals surface area contributed by atoms with Crippen molar-refractivity contribution in [1.82, 2.24) is 5.32 Å². The molecule has 1 aliphatic carbocycles. The summed E-state index contributed by atoms with van der Waals surface area (Å²) in [6.07, 6.45) is 4.45. The zero-order chi connectivity index (χ0) is 14.5. The van der Waals surface area contributed by atoms with Crippen LogP contribution in [0.1, 0.15) is 47.1 Å². The van der Waals surface area contributed by atoms with Gasteiger partial charge in [0.25, 0.3) is 5.91 Å². The molecule has 1 heterocycles. The summed E-state index contributed by atoms with van der Waals surface area (Å²) < 4.78 is 10.4. The van der Waals surface area contributed by atoms with Gasteiger partial charge in [-0.15, -0.1) is 0 Å². The Balaban J connectivity index is 1.67.